The number of amides is 1. The van der Waals surface area contributed by atoms with Crippen LogP contribution in [0.5, 0.6) is 0 Å². The zero-order valence-corrected chi connectivity index (χ0v) is 15.8. The van der Waals surface area contributed by atoms with Crippen LogP contribution >= 0.6 is 0 Å². The number of carbonyl (C=O) groups is 2. The van der Waals surface area contributed by atoms with Gasteiger partial charge in [-0.15, -0.1) is 0 Å². The summed E-state index contributed by atoms with van der Waals surface area (Å²) >= 11 is 0. The van der Waals surface area contributed by atoms with E-state index in [1.165, 1.54) is 29.2 Å². The maximum Gasteiger partial charge on any atom is 0.338 e. The number of benzene rings is 2. The molecule has 8 nitrogen and oxygen atoms in total. The first-order valence-electron chi connectivity index (χ1n) is 9.39. The number of aromatic nitrogens is 2. The highest BCUT2D eigenvalue weighted by Crippen LogP contribution is 2.29. The lowest BCUT2D eigenvalue weighted by molar-refractivity contribution is -0.135. The third-order valence-corrected chi connectivity index (χ3v) is 4.89. The zero-order valence-electron chi connectivity index (χ0n) is 15.8. The monoisotopic (exact) mass is 411 g/mol. The summed E-state index contributed by atoms with van der Waals surface area (Å²) in [6.45, 7) is -0.373. The highest BCUT2D eigenvalue weighted by molar-refractivity contribution is 5.94. The largest absolute Gasteiger partial charge is 0.452 e. The van der Waals surface area contributed by atoms with Crippen molar-refractivity contribution >= 4 is 22.9 Å². The minimum atomic E-state index is -0.837. The molecule has 0 unspecified atom stereocenters. The molecule has 0 spiro atoms. The average molecular weight is 411 g/mol. The van der Waals surface area contributed by atoms with Gasteiger partial charge in [-0.2, -0.15) is 0 Å². The second kappa shape index (κ2) is 7.94. The lowest BCUT2D eigenvalue weighted by Crippen LogP contribution is -2.36. The van der Waals surface area contributed by atoms with Gasteiger partial charge in [0, 0.05) is 18.2 Å². The summed E-state index contributed by atoms with van der Waals surface area (Å²) in [6.07, 6.45) is 1.65. The number of H-pyrrole nitrogens is 2. The summed E-state index contributed by atoms with van der Waals surface area (Å²) in [4.78, 5) is 54.1. The van der Waals surface area contributed by atoms with E-state index in [0.29, 0.717) is 11.1 Å². The standard InChI is InChI=1S/C21H18FN3O5/c22-15-4-2-1-3-13(15)10-25(14-6-7-14)18(26)11-30-21(29)12-5-8-16-17(9-12)24-20(28)19(27)23-16/h1-5,8-9,14H,6-7,10-11H2,(H,23,27)(H,24,28). The molecule has 0 radical (unpaired) electrons. The Morgan fingerprint density at radius 2 is 1.73 bits per heavy atom. The first-order chi connectivity index (χ1) is 14.4. The molecule has 0 atom stereocenters. The molecular formula is C21H18FN3O5. The Bertz CT molecular complexity index is 1250. The van der Waals surface area contributed by atoms with Crippen LogP contribution < -0.4 is 11.1 Å². The van der Waals surface area contributed by atoms with Crippen molar-refractivity contribution in [1.29, 1.82) is 0 Å². The number of halogens is 1. The second-order valence-corrected chi connectivity index (χ2v) is 7.09. The highest BCUT2D eigenvalue weighted by Gasteiger charge is 2.33. The van der Waals surface area contributed by atoms with Gasteiger partial charge in [0.25, 0.3) is 5.91 Å². The second-order valence-electron chi connectivity index (χ2n) is 7.09. The Morgan fingerprint density at radius 1 is 1.03 bits per heavy atom. The van der Waals surface area contributed by atoms with Gasteiger partial charge >= 0.3 is 17.1 Å². The maximum absolute atomic E-state index is 13.9. The van der Waals surface area contributed by atoms with Crippen molar-refractivity contribution in [3.8, 4) is 0 Å². The van der Waals surface area contributed by atoms with E-state index in [4.69, 9.17) is 4.74 Å². The molecule has 4 rings (SSSR count). The number of esters is 1. The molecule has 154 valence electrons. The minimum Gasteiger partial charge on any atom is -0.452 e. The molecule has 1 saturated carbocycles. The van der Waals surface area contributed by atoms with Gasteiger partial charge in [-0.25, -0.2) is 9.18 Å². The highest BCUT2D eigenvalue weighted by atomic mass is 19.1. The van der Waals surface area contributed by atoms with Crippen LogP contribution in [0.2, 0.25) is 0 Å². The van der Waals surface area contributed by atoms with Crippen molar-refractivity contribution in [2.24, 2.45) is 0 Å². The van der Waals surface area contributed by atoms with Crippen LogP contribution in [0.3, 0.4) is 0 Å². The molecule has 3 aromatic rings. The molecule has 30 heavy (non-hydrogen) atoms. The maximum atomic E-state index is 13.9. The smallest absolute Gasteiger partial charge is 0.338 e. The van der Waals surface area contributed by atoms with Crippen molar-refractivity contribution in [1.82, 2.24) is 14.9 Å². The van der Waals surface area contributed by atoms with E-state index >= 15 is 0 Å². The number of nitrogens with zero attached hydrogens (tertiary/aromatic N) is 1. The topological polar surface area (TPSA) is 112 Å². The van der Waals surface area contributed by atoms with Gasteiger partial charge in [-0.1, -0.05) is 18.2 Å². The van der Waals surface area contributed by atoms with Crippen LogP contribution in [0.25, 0.3) is 11.0 Å². The fraction of sp³-hybridized carbons (Fsp3) is 0.238. The number of carbonyl (C=O) groups excluding carboxylic acids is 2. The van der Waals surface area contributed by atoms with Gasteiger partial charge in [-0.05, 0) is 37.1 Å². The van der Waals surface area contributed by atoms with E-state index in [1.807, 2.05) is 0 Å². The number of rotatable bonds is 6. The predicted octanol–water partition coefficient (Wildman–Crippen LogP) is 1.70. The molecule has 2 N–H and O–H groups in total. The molecule has 0 saturated heterocycles. The Kier molecular flexibility index (Phi) is 5.18. The quantitative estimate of drug-likeness (QED) is 0.474. The van der Waals surface area contributed by atoms with Gasteiger partial charge in [0.05, 0.1) is 16.6 Å². The molecule has 1 fully saturated rings. The van der Waals surface area contributed by atoms with Crippen molar-refractivity contribution in [3.63, 3.8) is 0 Å². The summed E-state index contributed by atoms with van der Waals surface area (Å²) in [6, 6.07) is 10.5. The van der Waals surface area contributed by atoms with Crippen molar-refractivity contribution in [3.05, 3.63) is 80.1 Å². The normalized spacial score (nSPS) is 13.2. The Balaban J connectivity index is 1.44. The molecule has 1 heterocycles. The summed E-state index contributed by atoms with van der Waals surface area (Å²) in [5, 5.41) is 0. The fourth-order valence-corrected chi connectivity index (χ4v) is 3.15. The first kappa shape index (κ1) is 19.6. The third-order valence-electron chi connectivity index (χ3n) is 4.89. The lowest BCUT2D eigenvalue weighted by Gasteiger charge is -2.22. The number of hydrogen-bond acceptors (Lipinski definition) is 5. The van der Waals surface area contributed by atoms with Gasteiger partial charge in [0.15, 0.2) is 6.61 Å². The zero-order chi connectivity index (χ0) is 21.3. The summed E-state index contributed by atoms with van der Waals surface area (Å²) < 4.78 is 19.1. The summed E-state index contributed by atoms with van der Waals surface area (Å²) in [5.41, 5.74) is -0.493. The van der Waals surface area contributed by atoms with Crippen molar-refractivity contribution < 1.29 is 18.7 Å². The molecule has 2 aromatic carbocycles. The Labute approximate surface area is 169 Å². The van der Waals surface area contributed by atoms with Crippen molar-refractivity contribution in [2.45, 2.75) is 25.4 Å². The van der Waals surface area contributed by atoms with E-state index in [2.05, 4.69) is 9.97 Å². The Morgan fingerprint density at radius 3 is 2.43 bits per heavy atom. The van der Waals surface area contributed by atoms with Crippen LogP contribution in [0.4, 0.5) is 4.39 Å². The number of aromatic amines is 2. The average Bonchev–Trinajstić information content (AvgIpc) is 3.57. The number of fused-ring (bicyclic) bond motifs is 1. The van der Waals surface area contributed by atoms with Gasteiger partial charge < -0.3 is 19.6 Å². The summed E-state index contributed by atoms with van der Waals surface area (Å²) in [5.74, 6) is -1.55. The SMILES string of the molecule is O=C(OCC(=O)N(Cc1ccccc1F)C1CC1)c1ccc2[nH]c(=O)c(=O)[nH]c2c1. The van der Waals surface area contributed by atoms with E-state index in [9.17, 15) is 23.6 Å². The molecule has 0 bridgehead atoms. The molecule has 1 amide bonds. The van der Waals surface area contributed by atoms with Gasteiger partial charge in [0.2, 0.25) is 0 Å². The van der Waals surface area contributed by atoms with E-state index < -0.39 is 35.4 Å². The van der Waals surface area contributed by atoms with Crippen LogP contribution in [0, 0.1) is 5.82 Å². The first-order valence-corrected chi connectivity index (χ1v) is 9.39. The fourth-order valence-electron chi connectivity index (χ4n) is 3.15. The lowest BCUT2D eigenvalue weighted by atomic mass is 10.2. The van der Waals surface area contributed by atoms with E-state index in [1.54, 1.807) is 18.2 Å². The van der Waals surface area contributed by atoms with E-state index in [-0.39, 0.29) is 23.7 Å². The van der Waals surface area contributed by atoms with Crippen LogP contribution in [-0.2, 0) is 16.1 Å². The molecule has 1 aliphatic rings. The number of hydrogen-bond donors (Lipinski definition) is 2. The number of ether oxygens (including phenoxy) is 1. The third kappa shape index (κ3) is 4.14. The number of nitrogens with one attached hydrogen (secondary N) is 2. The molecule has 0 aliphatic heterocycles. The van der Waals surface area contributed by atoms with Crippen LogP contribution in [-0.4, -0.2) is 39.4 Å². The molecule has 1 aliphatic carbocycles. The molecule has 1 aromatic heterocycles. The Hall–Kier alpha value is -3.75. The predicted molar refractivity (Wildman–Crippen MR) is 105 cm³/mol. The molecular weight excluding hydrogens is 393 g/mol. The summed E-state index contributed by atoms with van der Waals surface area (Å²) in [7, 11) is 0. The van der Waals surface area contributed by atoms with E-state index in [0.717, 1.165) is 12.8 Å². The van der Waals surface area contributed by atoms with Crippen LogP contribution in [0.15, 0.2) is 52.1 Å². The van der Waals surface area contributed by atoms with Gasteiger partial charge in [-0.3, -0.25) is 14.4 Å². The molecule has 9 heteroatoms. The van der Waals surface area contributed by atoms with Crippen molar-refractivity contribution in [2.75, 3.05) is 6.61 Å². The van der Waals surface area contributed by atoms with Crippen LogP contribution in [0.1, 0.15) is 28.8 Å². The van der Waals surface area contributed by atoms with Gasteiger partial charge in [0.1, 0.15) is 5.82 Å². The minimum absolute atomic E-state index is 0.0124.